The van der Waals surface area contributed by atoms with Crippen molar-refractivity contribution in [3.63, 3.8) is 0 Å². The molecule has 3 nitrogen and oxygen atoms in total. The van der Waals surface area contributed by atoms with Gasteiger partial charge in [-0.1, -0.05) is 47.5 Å². The Morgan fingerprint density at radius 3 is 1.81 bits per heavy atom. The molecular weight excluding hydrogens is 311 g/mol. The Labute approximate surface area is 133 Å². The van der Waals surface area contributed by atoms with Crippen LogP contribution in [0.2, 0.25) is 10.0 Å². The standard InChI is InChI=1S/C16H14Cl2O3/c1-9(19)10-4-6-11(7-5-10)14-15(17)12(20-2)8-13(21-3)16(14)18/h4-8H,1-3H3. The second-order valence-electron chi connectivity index (χ2n) is 4.42. The second kappa shape index (κ2) is 6.37. The average molecular weight is 325 g/mol. The number of benzene rings is 2. The van der Waals surface area contributed by atoms with Crippen molar-refractivity contribution in [2.24, 2.45) is 0 Å². The lowest BCUT2D eigenvalue weighted by atomic mass is 10.0. The normalized spacial score (nSPS) is 10.3. The number of carbonyl (C=O) groups is 1. The molecule has 2 aromatic rings. The molecule has 5 heteroatoms. The van der Waals surface area contributed by atoms with E-state index in [0.717, 1.165) is 5.56 Å². The number of methoxy groups -OCH3 is 2. The van der Waals surface area contributed by atoms with Crippen LogP contribution in [0, 0.1) is 0 Å². The highest BCUT2D eigenvalue weighted by molar-refractivity contribution is 6.41. The summed E-state index contributed by atoms with van der Waals surface area (Å²) in [6.07, 6.45) is 0. The van der Waals surface area contributed by atoms with E-state index in [0.29, 0.717) is 32.7 Å². The molecule has 21 heavy (non-hydrogen) atoms. The van der Waals surface area contributed by atoms with Crippen LogP contribution in [-0.4, -0.2) is 20.0 Å². The highest BCUT2D eigenvalue weighted by Gasteiger charge is 2.18. The molecule has 0 aromatic heterocycles. The van der Waals surface area contributed by atoms with Gasteiger partial charge < -0.3 is 9.47 Å². The van der Waals surface area contributed by atoms with Crippen LogP contribution in [0.15, 0.2) is 30.3 Å². The maximum atomic E-state index is 11.3. The molecular formula is C16H14Cl2O3. The van der Waals surface area contributed by atoms with Crippen molar-refractivity contribution >= 4 is 29.0 Å². The Bertz CT molecular complexity index is 651. The molecule has 0 radical (unpaired) electrons. The van der Waals surface area contributed by atoms with Crippen LogP contribution in [0.3, 0.4) is 0 Å². The van der Waals surface area contributed by atoms with E-state index in [2.05, 4.69) is 0 Å². The van der Waals surface area contributed by atoms with Crippen LogP contribution >= 0.6 is 23.2 Å². The molecule has 0 bridgehead atoms. The molecule has 0 fully saturated rings. The summed E-state index contributed by atoms with van der Waals surface area (Å²) in [7, 11) is 3.05. The Hall–Kier alpha value is -1.71. The fourth-order valence-corrected chi connectivity index (χ4v) is 2.73. The van der Waals surface area contributed by atoms with Crippen LogP contribution < -0.4 is 9.47 Å². The van der Waals surface area contributed by atoms with Crippen molar-refractivity contribution < 1.29 is 14.3 Å². The van der Waals surface area contributed by atoms with E-state index in [9.17, 15) is 4.79 Å². The first-order valence-corrected chi connectivity index (χ1v) is 6.96. The van der Waals surface area contributed by atoms with E-state index in [1.54, 1.807) is 30.3 Å². The Kier molecular flexibility index (Phi) is 4.76. The van der Waals surface area contributed by atoms with E-state index in [1.165, 1.54) is 21.1 Å². The quantitative estimate of drug-likeness (QED) is 0.752. The molecule has 2 aromatic carbocycles. The summed E-state index contributed by atoms with van der Waals surface area (Å²) in [6.45, 7) is 1.52. The number of ketones is 1. The highest BCUT2D eigenvalue weighted by Crippen LogP contribution is 2.45. The van der Waals surface area contributed by atoms with E-state index in [-0.39, 0.29) is 5.78 Å². The first kappa shape index (κ1) is 15.7. The minimum atomic E-state index is 0.00182. The fraction of sp³-hybridized carbons (Fsp3) is 0.188. The van der Waals surface area contributed by atoms with E-state index < -0.39 is 0 Å². The van der Waals surface area contributed by atoms with Crippen LogP contribution in [0.4, 0.5) is 0 Å². The number of Topliss-reactive ketones (excluding diaryl/α,β-unsaturated/α-hetero) is 1. The topological polar surface area (TPSA) is 35.5 Å². The number of hydrogen-bond donors (Lipinski definition) is 0. The molecule has 0 atom stereocenters. The van der Waals surface area contributed by atoms with Gasteiger partial charge in [0.1, 0.15) is 11.5 Å². The second-order valence-corrected chi connectivity index (χ2v) is 5.17. The van der Waals surface area contributed by atoms with Crippen molar-refractivity contribution in [1.29, 1.82) is 0 Å². The number of carbonyl (C=O) groups excluding carboxylic acids is 1. The van der Waals surface area contributed by atoms with Gasteiger partial charge in [-0.15, -0.1) is 0 Å². The van der Waals surface area contributed by atoms with Crippen LogP contribution in [0.1, 0.15) is 17.3 Å². The third-order valence-electron chi connectivity index (χ3n) is 3.15. The third-order valence-corrected chi connectivity index (χ3v) is 3.90. The SMILES string of the molecule is COc1cc(OC)c(Cl)c(-c2ccc(C(C)=O)cc2)c1Cl. The summed E-state index contributed by atoms with van der Waals surface area (Å²) in [6, 6.07) is 8.69. The van der Waals surface area contributed by atoms with Crippen molar-refractivity contribution in [3.05, 3.63) is 45.9 Å². The zero-order chi connectivity index (χ0) is 15.6. The van der Waals surface area contributed by atoms with Gasteiger partial charge in [-0.3, -0.25) is 4.79 Å². The van der Waals surface area contributed by atoms with Gasteiger partial charge in [-0.2, -0.15) is 0 Å². The summed E-state index contributed by atoms with van der Waals surface area (Å²) in [4.78, 5) is 11.3. The van der Waals surface area contributed by atoms with Gasteiger partial charge in [0, 0.05) is 17.2 Å². The fourth-order valence-electron chi connectivity index (χ4n) is 2.01. The molecule has 0 amide bonds. The van der Waals surface area contributed by atoms with E-state index in [1.807, 2.05) is 0 Å². The van der Waals surface area contributed by atoms with E-state index in [4.69, 9.17) is 32.7 Å². The predicted molar refractivity (Wildman–Crippen MR) is 85.0 cm³/mol. The maximum Gasteiger partial charge on any atom is 0.159 e. The van der Waals surface area contributed by atoms with E-state index >= 15 is 0 Å². The molecule has 2 rings (SSSR count). The monoisotopic (exact) mass is 324 g/mol. The van der Waals surface area contributed by atoms with Gasteiger partial charge in [0.05, 0.1) is 24.3 Å². The first-order chi connectivity index (χ1) is 9.99. The molecule has 0 saturated carbocycles. The lowest BCUT2D eigenvalue weighted by molar-refractivity contribution is 0.101. The van der Waals surface area contributed by atoms with Crippen LogP contribution in [0.5, 0.6) is 11.5 Å². The summed E-state index contributed by atoms with van der Waals surface area (Å²) in [5.74, 6) is 0.953. The first-order valence-electron chi connectivity index (χ1n) is 6.21. The van der Waals surface area contributed by atoms with Gasteiger partial charge in [-0.25, -0.2) is 0 Å². The Balaban J connectivity index is 2.64. The number of hydrogen-bond acceptors (Lipinski definition) is 3. The number of ether oxygens (including phenoxy) is 2. The Morgan fingerprint density at radius 2 is 1.43 bits per heavy atom. The average Bonchev–Trinajstić information content (AvgIpc) is 2.48. The third kappa shape index (κ3) is 2.99. The Morgan fingerprint density at radius 1 is 0.952 bits per heavy atom. The summed E-state index contributed by atoms with van der Waals surface area (Å²) in [5, 5.41) is 0.803. The van der Waals surface area contributed by atoms with Crippen molar-refractivity contribution in [2.75, 3.05) is 14.2 Å². The smallest absolute Gasteiger partial charge is 0.159 e. The van der Waals surface area contributed by atoms with Gasteiger partial charge >= 0.3 is 0 Å². The summed E-state index contributed by atoms with van der Waals surface area (Å²) in [5.41, 5.74) is 2.03. The predicted octanol–water partition coefficient (Wildman–Crippen LogP) is 4.88. The molecule has 0 heterocycles. The molecule has 0 N–H and O–H groups in total. The van der Waals surface area contributed by atoms with Gasteiger partial charge in [-0.05, 0) is 12.5 Å². The van der Waals surface area contributed by atoms with Crippen molar-refractivity contribution in [3.8, 4) is 22.6 Å². The van der Waals surface area contributed by atoms with Gasteiger partial charge in [0.2, 0.25) is 0 Å². The zero-order valence-electron chi connectivity index (χ0n) is 11.9. The molecule has 0 aliphatic rings. The lowest BCUT2D eigenvalue weighted by Gasteiger charge is -2.14. The molecule has 0 aliphatic heterocycles. The van der Waals surface area contributed by atoms with Crippen molar-refractivity contribution in [1.82, 2.24) is 0 Å². The largest absolute Gasteiger partial charge is 0.495 e. The molecule has 0 saturated heterocycles. The van der Waals surface area contributed by atoms with Crippen LogP contribution in [0.25, 0.3) is 11.1 Å². The van der Waals surface area contributed by atoms with Crippen molar-refractivity contribution in [2.45, 2.75) is 6.92 Å². The van der Waals surface area contributed by atoms with Gasteiger partial charge in [0.25, 0.3) is 0 Å². The minimum Gasteiger partial charge on any atom is -0.495 e. The highest BCUT2D eigenvalue weighted by atomic mass is 35.5. The number of rotatable bonds is 4. The summed E-state index contributed by atoms with van der Waals surface area (Å²) >= 11 is 12.7. The molecule has 0 aliphatic carbocycles. The zero-order valence-corrected chi connectivity index (χ0v) is 13.4. The lowest BCUT2D eigenvalue weighted by Crippen LogP contribution is -1.94. The molecule has 110 valence electrons. The van der Waals surface area contributed by atoms with Crippen LogP contribution in [-0.2, 0) is 0 Å². The maximum absolute atomic E-state index is 11.3. The summed E-state index contributed by atoms with van der Waals surface area (Å²) < 4.78 is 10.5. The minimum absolute atomic E-state index is 0.00182. The number of halogens is 2. The molecule has 0 spiro atoms. The molecule has 0 unspecified atom stereocenters. The van der Waals surface area contributed by atoms with Gasteiger partial charge in [0.15, 0.2) is 5.78 Å².